The van der Waals surface area contributed by atoms with Gasteiger partial charge in [0, 0.05) is 6.16 Å². The Morgan fingerprint density at radius 3 is 1.86 bits per heavy atom. The summed E-state index contributed by atoms with van der Waals surface area (Å²) < 4.78 is 0. The van der Waals surface area contributed by atoms with Crippen molar-refractivity contribution in [3.63, 3.8) is 0 Å². The predicted molar refractivity (Wildman–Crippen MR) is 30.1 cm³/mol. The molecule has 0 atom stereocenters. The van der Waals surface area contributed by atoms with Crippen LogP contribution in [0.1, 0.15) is 13.3 Å². The molecule has 0 unspecified atom stereocenters. The van der Waals surface area contributed by atoms with Crippen molar-refractivity contribution < 1.29 is 15.3 Å². The van der Waals surface area contributed by atoms with Crippen LogP contribution >= 0.6 is 8.38 Å². The lowest BCUT2D eigenvalue weighted by molar-refractivity contribution is 0.481. The molecule has 0 radical (unpaired) electrons. The third-order valence-electron chi connectivity index (χ3n) is 0.424. The molecule has 3 nitrogen and oxygen atoms in total. The van der Waals surface area contributed by atoms with Crippen LogP contribution in [0.4, 0.5) is 0 Å². The molecule has 0 aliphatic rings. The number of hydrogen-bond acceptors (Lipinski definition) is 2. The molecule has 0 fully saturated rings. The minimum Gasteiger partial charge on any atom is -0.412 e. The van der Waals surface area contributed by atoms with Crippen LogP contribution < -0.4 is 0 Å². The first-order valence-corrected chi connectivity index (χ1v) is 3.36. The molecule has 0 spiro atoms. The van der Waals surface area contributed by atoms with E-state index in [9.17, 15) is 0 Å². The molecule has 0 aliphatic carbocycles. The second-order valence-corrected chi connectivity index (χ2v) is 2.29. The van der Waals surface area contributed by atoms with Crippen LogP contribution in [0.3, 0.4) is 0 Å². The summed E-state index contributed by atoms with van der Waals surface area (Å²) in [6, 6.07) is 0. The van der Waals surface area contributed by atoms with Crippen molar-refractivity contribution in [2.45, 2.75) is 13.3 Å². The van der Waals surface area contributed by atoms with Gasteiger partial charge in [0.15, 0.2) is 8.38 Å². The summed E-state index contributed by atoms with van der Waals surface area (Å²) in [6.45, 7) is 1.92. The first kappa shape index (κ1) is 10.3. The van der Waals surface area contributed by atoms with Crippen molar-refractivity contribution in [1.29, 1.82) is 0 Å². The van der Waals surface area contributed by atoms with Crippen molar-refractivity contribution in [3.05, 3.63) is 0 Å². The second-order valence-electron chi connectivity index (χ2n) is 1.10. The SMILES string of the molecule is CCCP(O)O.O. The highest BCUT2D eigenvalue weighted by Crippen LogP contribution is 2.22. The molecular weight excluding hydrogens is 115 g/mol. The molecule has 0 aromatic carbocycles. The van der Waals surface area contributed by atoms with Gasteiger partial charge in [0.25, 0.3) is 0 Å². The zero-order chi connectivity index (χ0) is 4.99. The molecule has 0 aromatic heterocycles. The number of hydrogen-bond donors (Lipinski definition) is 2. The van der Waals surface area contributed by atoms with Crippen LogP contribution in [0.2, 0.25) is 0 Å². The molecule has 0 amide bonds. The average Bonchev–Trinajstić information content (AvgIpc) is 1.35. The van der Waals surface area contributed by atoms with E-state index in [1.54, 1.807) is 0 Å². The quantitative estimate of drug-likeness (QED) is 0.506. The van der Waals surface area contributed by atoms with E-state index in [2.05, 4.69) is 0 Å². The van der Waals surface area contributed by atoms with Crippen molar-refractivity contribution in [2.75, 3.05) is 6.16 Å². The Bertz CT molecular complexity index is 31.4. The summed E-state index contributed by atoms with van der Waals surface area (Å²) in [5.74, 6) is 0. The fourth-order valence-electron chi connectivity index (χ4n) is 0.200. The first-order chi connectivity index (χ1) is 2.77. The van der Waals surface area contributed by atoms with Crippen molar-refractivity contribution in [1.82, 2.24) is 0 Å². The Kier molecular flexibility index (Phi) is 9.31. The lowest BCUT2D eigenvalue weighted by Gasteiger charge is -1.93. The zero-order valence-corrected chi connectivity index (χ0v) is 5.15. The van der Waals surface area contributed by atoms with Gasteiger partial charge in [0.05, 0.1) is 0 Å². The van der Waals surface area contributed by atoms with Crippen LogP contribution in [-0.4, -0.2) is 21.4 Å². The maximum atomic E-state index is 8.17. The normalized spacial score (nSPS) is 8.57. The third kappa shape index (κ3) is 10.7. The van der Waals surface area contributed by atoms with E-state index in [0.29, 0.717) is 6.16 Å². The van der Waals surface area contributed by atoms with E-state index < -0.39 is 8.38 Å². The van der Waals surface area contributed by atoms with Crippen LogP contribution in [-0.2, 0) is 0 Å². The molecule has 4 heteroatoms. The minimum atomic E-state index is -1.60. The van der Waals surface area contributed by atoms with Crippen molar-refractivity contribution >= 4 is 8.38 Å². The maximum Gasteiger partial charge on any atom is 0.164 e. The molecular formula is C3H11O3P. The second kappa shape index (κ2) is 6.31. The zero-order valence-electron chi connectivity index (χ0n) is 4.26. The fraction of sp³-hybridized carbons (Fsp3) is 1.00. The molecule has 0 saturated heterocycles. The molecule has 0 heterocycles. The van der Waals surface area contributed by atoms with Gasteiger partial charge in [-0.25, -0.2) is 0 Å². The van der Waals surface area contributed by atoms with E-state index in [1.807, 2.05) is 6.92 Å². The smallest absolute Gasteiger partial charge is 0.164 e. The Morgan fingerprint density at radius 2 is 1.86 bits per heavy atom. The van der Waals surface area contributed by atoms with Gasteiger partial charge in [-0.3, -0.25) is 0 Å². The molecule has 0 saturated carbocycles. The topological polar surface area (TPSA) is 72.0 Å². The molecule has 0 bridgehead atoms. The van der Waals surface area contributed by atoms with Crippen LogP contribution in [0.15, 0.2) is 0 Å². The van der Waals surface area contributed by atoms with Crippen LogP contribution in [0, 0.1) is 0 Å². The predicted octanol–water partition coefficient (Wildman–Crippen LogP) is -0.132. The average molecular weight is 126 g/mol. The molecule has 4 N–H and O–H groups in total. The van der Waals surface area contributed by atoms with Gasteiger partial charge in [0.2, 0.25) is 0 Å². The van der Waals surface area contributed by atoms with Gasteiger partial charge < -0.3 is 15.3 Å². The van der Waals surface area contributed by atoms with E-state index >= 15 is 0 Å². The van der Waals surface area contributed by atoms with E-state index in [0.717, 1.165) is 6.42 Å². The van der Waals surface area contributed by atoms with Crippen molar-refractivity contribution in [3.8, 4) is 0 Å². The van der Waals surface area contributed by atoms with Crippen molar-refractivity contribution in [2.24, 2.45) is 0 Å². The number of rotatable bonds is 2. The summed E-state index contributed by atoms with van der Waals surface area (Å²) >= 11 is 0. The first-order valence-electron chi connectivity index (χ1n) is 1.92. The third-order valence-corrected chi connectivity index (χ3v) is 1.27. The molecule has 0 aliphatic heterocycles. The highest BCUT2D eigenvalue weighted by molar-refractivity contribution is 7.45. The van der Waals surface area contributed by atoms with E-state index in [4.69, 9.17) is 9.79 Å². The summed E-state index contributed by atoms with van der Waals surface area (Å²) in [5.41, 5.74) is 0. The minimum absolute atomic E-state index is 0. The van der Waals surface area contributed by atoms with Gasteiger partial charge in [-0.2, -0.15) is 0 Å². The van der Waals surface area contributed by atoms with Gasteiger partial charge in [0.1, 0.15) is 0 Å². The van der Waals surface area contributed by atoms with Gasteiger partial charge in [-0.05, 0) is 6.42 Å². The van der Waals surface area contributed by atoms with Gasteiger partial charge >= 0.3 is 0 Å². The maximum absolute atomic E-state index is 8.17. The highest BCUT2D eigenvalue weighted by atomic mass is 31.2. The highest BCUT2D eigenvalue weighted by Gasteiger charge is 1.90. The molecule has 0 aromatic rings. The summed E-state index contributed by atoms with van der Waals surface area (Å²) in [5, 5.41) is 0. The fourth-order valence-corrected chi connectivity index (χ4v) is 0.600. The Labute approximate surface area is 44.2 Å². The van der Waals surface area contributed by atoms with E-state index in [-0.39, 0.29) is 5.48 Å². The van der Waals surface area contributed by atoms with Gasteiger partial charge in [-0.15, -0.1) is 0 Å². The van der Waals surface area contributed by atoms with Crippen LogP contribution in [0.5, 0.6) is 0 Å². The summed E-state index contributed by atoms with van der Waals surface area (Å²) in [6.07, 6.45) is 1.41. The molecule has 46 valence electrons. The largest absolute Gasteiger partial charge is 0.412 e. The Morgan fingerprint density at radius 1 is 1.43 bits per heavy atom. The lowest BCUT2D eigenvalue weighted by Crippen LogP contribution is -1.75. The van der Waals surface area contributed by atoms with Crippen LogP contribution in [0.25, 0.3) is 0 Å². The summed E-state index contributed by atoms with van der Waals surface area (Å²) in [4.78, 5) is 16.3. The Balaban J connectivity index is 0. The van der Waals surface area contributed by atoms with E-state index in [1.165, 1.54) is 0 Å². The molecule has 7 heavy (non-hydrogen) atoms. The Hall–Kier alpha value is 0.310. The summed E-state index contributed by atoms with van der Waals surface area (Å²) in [7, 11) is -1.60. The standard InChI is InChI=1S/C3H9O2P.H2O/c1-2-3-6(4)5;/h4-5H,2-3H2,1H3;1H2. The molecule has 0 rings (SSSR count). The monoisotopic (exact) mass is 126 g/mol. The lowest BCUT2D eigenvalue weighted by atomic mass is 10.6. The van der Waals surface area contributed by atoms with Gasteiger partial charge in [-0.1, -0.05) is 6.92 Å².